The number of piperidine rings is 1. The standard InChI is InChI=1S/C29H41N3O2/c1-3-4-18-31-21-22-34-27-13-6-5-10-25(27)11-7-8-14-29(23-31)15-19-32(20-16-29)28(33)26-12-9-17-30-24(26)2/h5-6,9-10,12-13,17H,3-4,7-8,11,14-16,18-23H2,1-2H3. The number of amides is 1. The van der Waals surface area contributed by atoms with Crippen molar-refractivity contribution in [2.75, 3.05) is 39.3 Å². The largest absolute Gasteiger partial charge is 0.492 e. The van der Waals surface area contributed by atoms with Crippen molar-refractivity contribution >= 4 is 5.91 Å². The zero-order chi connectivity index (χ0) is 23.8. The molecule has 34 heavy (non-hydrogen) atoms. The number of benzene rings is 1. The average Bonchev–Trinajstić information content (AvgIpc) is 2.85. The Balaban J connectivity index is 1.46. The van der Waals surface area contributed by atoms with Gasteiger partial charge in [-0.15, -0.1) is 0 Å². The Morgan fingerprint density at radius 1 is 1.06 bits per heavy atom. The van der Waals surface area contributed by atoms with Gasteiger partial charge in [-0.25, -0.2) is 0 Å². The van der Waals surface area contributed by atoms with Crippen LogP contribution in [0.1, 0.15) is 73.5 Å². The fraction of sp³-hybridized carbons (Fsp3) is 0.586. The minimum absolute atomic E-state index is 0.140. The lowest BCUT2D eigenvalue weighted by Crippen LogP contribution is -2.49. The molecule has 5 heteroatoms. The molecule has 1 aromatic heterocycles. The van der Waals surface area contributed by atoms with Crippen LogP contribution in [-0.4, -0.2) is 60.0 Å². The van der Waals surface area contributed by atoms with Crippen LogP contribution in [0.5, 0.6) is 5.75 Å². The fourth-order valence-corrected chi connectivity index (χ4v) is 5.63. The molecule has 1 spiro atoms. The summed E-state index contributed by atoms with van der Waals surface area (Å²) in [6.07, 6.45) is 11.1. The Kier molecular flexibility index (Phi) is 8.60. The normalized spacial score (nSPS) is 19.5. The highest BCUT2D eigenvalue weighted by Crippen LogP contribution is 2.39. The van der Waals surface area contributed by atoms with E-state index in [1.807, 2.05) is 19.1 Å². The number of ether oxygens (including phenoxy) is 1. The molecular formula is C29H41N3O2. The van der Waals surface area contributed by atoms with Crippen LogP contribution in [-0.2, 0) is 6.42 Å². The van der Waals surface area contributed by atoms with E-state index in [-0.39, 0.29) is 11.3 Å². The number of likely N-dealkylation sites (tertiary alicyclic amines) is 1. The number of carbonyl (C=O) groups is 1. The number of para-hydroxylation sites is 1. The zero-order valence-corrected chi connectivity index (χ0v) is 21.1. The zero-order valence-electron chi connectivity index (χ0n) is 21.1. The van der Waals surface area contributed by atoms with Crippen molar-refractivity contribution in [3.8, 4) is 5.75 Å². The van der Waals surface area contributed by atoms with Crippen molar-refractivity contribution in [1.29, 1.82) is 0 Å². The minimum atomic E-state index is 0.140. The Bertz CT molecular complexity index is 936. The maximum Gasteiger partial charge on any atom is 0.255 e. The van der Waals surface area contributed by atoms with Gasteiger partial charge in [0.25, 0.3) is 5.91 Å². The first-order chi connectivity index (χ1) is 16.6. The van der Waals surface area contributed by atoms with Crippen molar-refractivity contribution in [2.24, 2.45) is 5.41 Å². The van der Waals surface area contributed by atoms with Crippen LogP contribution in [0.3, 0.4) is 0 Å². The lowest BCUT2D eigenvalue weighted by Gasteiger charge is -2.45. The number of unbranched alkanes of at least 4 members (excludes halogenated alkanes) is 1. The molecule has 0 bridgehead atoms. The molecule has 2 aromatic rings. The summed E-state index contributed by atoms with van der Waals surface area (Å²) >= 11 is 0. The highest BCUT2D eigenvalue weighted by atomic mass is 16.5. The van der Waals surface area contributed by atoms with Crippen LogP contribution >= 0.6 is 0 Å². The summed E-state index contributed by atoms with van der Waals surface area (Å²) < 4.78 is 6.25. The van der Waals surface area contributed by atoms with Crippen LogP contribution in [0.4, 0.5) is 0 Å². The molecule has 1 aromatic carbocycles. The fourth-order valence-electron chi connectivity index (χ4n) is 5.63. The van der Waals surface area contributed by atoms with Crippen molar-refractivity contribution in [3.63, 3.8) is 0 Å². The second-order valence-corrected chi connectivity index (χ2v) is 10.2. The van der Waals surface area contributed by atoms with Gasteiger partial charge in [-0.05, 0) is 81.2 Å². The van der Waals surface area contributed by atoms with Gasteiger partial charge in [-0.2, -0.15) is 0 Å². The van der Waals surface area contributed by atoms with Gasteiger partial charge < -0.3 is 9.64 Å². The molecule has 0 aliphatic carbocycles. The summed E-state index contributed by atoms with van der Waals surface area (Å²) in [6, 6.07) is 12.3. The first kappa shape index (κ1) is 24.7. The van der Waals surface area contributed by atoms with Crippen LogP contribution in [0, 0.1) is 12.3 Å². The number of pyridine rings is 1. The van der Waals surface area contributed by atoms with E-state index in [2.05, 4.69) is 46.0 Å². The van der Waals surface area contributed by atoms with Crippen molar-refractivity contribution in [3.05, 3.63) is 59.4 Å². The highest BCUT2D eigenvalue weighted by molar-refractivity contribution is 5.95. The number of aromatic nitrogens is 1. The molecule has 0 radical (unpaired) electrons. The van der Waals surface area contributed by atoms with E-state index in [1.54, 1.807) is 6.20 Å². The van der Waals surface area contributed by atoms with E-state index >= 15 is 0 Å². The van der Waals surface area contributed by atoms with Gasteiger partial charge in [0.2, 0.25) is 0 Å². The Labute approximate surface area is 205 Å². The molecule has 0 unspecified atom stereocenters. The van der Waals surface area contributed by atoms with Crippen LogP contribution < -0.4 is 4.74 Å². The van der Waals surface area contributed by atoms with E-state index in [9.17, 15) is 4.79 Å². The summed E-state index contributed by atoms with van der Waals surface area (Å²) in [5.74, 6) is 1.20. The molecule has 1 fully saturated rings. The smallest absolute Gasteiger partial charge is 0.255 e. The average molecular weight is 464 g/mol. The minimum Gasteiger partial charge on any atom is -0.492 e. The first-order valence-corrected chi connectivity index (χ1v) is 13.2. The molecule has 1 amide bonds. The van der Waals surface area contributed by atoms with Crippen molar-refractivity contribution < 1.29 is 9.53 Å². The Hall–Kier alpha value is -2.40. The molecule has 1 saturated heterocycles. The number of rotatable bonds is 4. The number of nitrogens with zero attached hydrogens (tertiary/aromatic N) is 3. The number of aryl methyl sites for hydroxylation is 2. The van der Waals surface area contributed by atoms with Gasteiger partial charge in [0.15, 0.2) is 0 Å². The third kappa shape index (κ3) is 6.18. The van der Waals surface area contributed by atoms with Gasteiger partial charge in [0.1, 0.15) is 12.4 Å². The number of hydrogen-bond acceptors (Lipinski definition) is 4. The Morgan fingerprint density at radius 2 is 1.88 bits per heavy atom. The van der Waals surface area contributed by atoms with Gasteiger partial charge in [0, 0.05) is 38.1 Å². The van der Waals surface area contributed by atoms with Gasteiger partial charge in [-0.3, -0.25) is 14.7 Å². The monoisotopic (exact) mass is 463 g/mol. The predicted molar refractivity (Wildman–Crippen MR) is 137 cm³/mol. The quantitative estimate of drug-likeness (QED) is 0.599. The molecule has 0 atom stereocenters. The SMILES string of the molecule is CCCCN1CCOc2ccccc2CCCCC2(CCN(C(=O)c3cccnc3C)CC2)C1. The lowest BCUT2D eigenvalue weighted by molar-refractivity contribution is 0.0374. The third-order valence-corrected chi connectivity index (χ3v) is 7.78. The second kappa shape index (κ2) is 11.8. The molecule has 2 aliphatic heterocycles. The number of fused-ring (bicyclic) bond motifs is 1. The lowest BCUT2D eigenvalue weighted by atomic mass is 9.73. The highest BCUT2D eigenvalue weighted by Gasteiger charge is 2.37. The molecule has 3 heterocycles. The number of hydrogen-bond donors (Lipinski definition) is 0. The molecule has 4 rings (SSSR count). The summed E-state index contributed by atoms with van der Waals surface area (Å²) in [5.41, 5.74) is 3.19. The van der Waals surface area contributed by atoms with E-state index < -0.39 is 0 Å². The maximum absolute atomic E-state index is 13.2. The predicted octanol–water partition coefficient (Wildman–Crippen LogP) is 5.52. The van der Waals surface area contributed by atoms with Crippen LogP contribution in [0.2, 0.25) is 0 Å². The van der Waals surface area contributed by atoms with E-state index in [4.69, 9.17) is 4.74 Å². The molecule has 184 valence electrons. The maximum atomic E-state index is 13.2. The van der Waals surface area contributed by atoms with Crippen LogP contribution in [0.25, 0.3) is 0 Å². The first-order valence-electron chi connectivity index (χ1n) is 13.2. The summed E-state index contributed by atoms with van der Waals surface area (Å²) in [7, 11) is 0. The van der Waals surface area contributed by atoms with Crippen molar-refractivity contribution in [1.82, 2.24) is 14.8 Å². The summed E-state index contributed by atoms with van der Waals surface area (Å²) in [5, 5.41) is 0. The van der Waals surface area contributed by atoms with E-state index in [0.29, 0.717) is 0 Å². The van der Waals surface area contributed by atoms with Gasteiger partial charge in [0.05, 0.1) is 5.56 Å². The number of carbonyl (C=O) groups excluding carboxylic acids is 1. The van der Waals surface area contributed by atoms with Crippen molar-refractivity contribution in [2.45, 2.75) is 65.2 Å². The van der Waals surface area contributed by atoms with Gasteiger partial charge >= 0.3 is 0 Å². The van der Waals surface area contributed by atoms with E-state index in [1.165, 1.54) is 37.7 Å². The summed E-state index contributed by atoms with van der Waals surface area (Å²) in [6.45, 7) is 9.82. The van der Waals surface area contributed by atoms with Gasteiger partial charge in [-0.1, -0.05) is 38.0 Å². The third-order valence-electron chi connectivity index (χ3n) is 7.78. The molecule has 0 N–H and O–H groups in total. The molecule has 2 aliphatic rings. The second-order valence-electron chi connectivity index (χ2n) is 10.2. The molecular weight excluding hydrogens is 422 g/mol. The topological polar surface area (TPSA) is 45.7 Å². The van der Waals surface area contributed by atoms with Crippen LogP contribution in [0.15, 0.2) is 42.6 Å². The molecule has 0 saturated carbocycles. The molecule has 5 nitrogen and oxygen atoms in total. The summed E-state index contributed by atoms with van der Waals surface area (Å²) in [4.78, 5) is 22.2. The van der Waals surface area contributed by atoms with E-state index in [0.717, 1.165) is 75.6 Å². The Morgan fingerprint density at radius 3 is 2.68 bits per heavy atom.